The molecular formula is C8H11NO2. The van der Waals surface area contributed by atoms with Crippen molar-refractivity contribution in [2.75, 3.05) is 0 Å². The number of nitrogens with two attached hydrogens (primary N) is 1. The zero-order valence-corrected chi connectivity index (χ0v) is 6.32. The van der Waals surface area contributed by atoms with Gasteiger partial charge in [0.05, 0.1) is 5.92 Å². The quantitative estimate of drug-likeness (QED) is 0.540. The first-order chi connectivity index (χ1) is 5.01. The topological polar surface area (TPSA) is 63.3 Å². The van der Waals surface area contributed by atoms with Crippen molar-refractivity contribution in [3.05, 3.63) is 24.3 Å². The smallest absolute Gasteiger partial charge is 0.314 e. The number of carboxylic acid groups (broad SMARTS) is 1. The first-order valence-electron chi connectivity index (χ1n) is 3.42. The molecule has 0 aliphatic heterocycles. The predicted octanol–water partition coefficient (Wildman–Crippen LogP) is 0.531. The molecule has 0 aromatic rings. The zero-order valence-electron chi connectivity index (χ0n) is 6.32. The van der Waals surface area contributed by atoms with Crippen LogP contribution in [0.25, 0.3) is 0 Å². The molecule has 0 aromatic carbocycles. The Hall–Kier alpha value is -1.09. The summed E-state index contributed by atoms with van der Waals surface area (Å²) in [5.41, 5.74) is 5.19. The summed E-state index contributed by atoms with van der Waals surface area (Å²) in [5, 5.41) is 8.57. The Kier molecular flexibility index (Phi) is 1.83. The zero-order chi connectivity index (χ0) is 8.48. The number of hydrogen-bond acceptors (Lipinski definition) is 2. The van der Waals surface area contributed by atoms with E-state index >= 15 is 0 Å². The van der Waals surface area contributed by atoms with Crippen molar-refractivity contribution < 1.29 is 9.90 Å². The third-order valence-electron chi connectivity index (χ3n) is 1.61. The monoisotopic (exact) mass is 153 g/mol. The van der Waals surface area contributed by atoms with Gasteiger partial charge in [-0.2, -0.15) is 0 Å². The van der Waals surface area contributed by atoms with Gasteiger partial charge in [-0.05, 0) is 6.92 Å². The Morgan fingerprint density at radius 2 is 2.00 bits per heavy atom. The average Bonchev–Trinajstić information content (AvgIpc) is 1.86. The highest BCUT2D eigenvalue weighted by Gasteiger charge is 2.19. The standard InChI is InChI=1S/C8H11NO2/c1-8(9)4-2-6(3-5-8)7(10)11/h2-6H,9H2,1H3,(H,10,11). The normalized spacial score (nSPS) is 35.6. The number of rotatable bonds is 1. The van der Waals surface area contributed by atoms with E-state index in [1.54, 1.807) is 24.3 Å². The van der Waals surface area contributed by atoms with E-state index in [1.807, 2.05) is 6.92 Å². The minimum atomic E-state index is -0.840. The second kappa shape index (κ2) is 2.51. The van der Waals surface area contributed by atoms with E-state index in [1.165, 1.54) is 0 Å². The van der Waals surface area contributed by atoms with Crippen LogP contribution in [0.5, 0.6) is 0 Å². The second-order valence-electron chi connectivity index (χ2n) is 2.95. The Labute approximate surface area is 65.2 Å². The van der Waals surface area contributed by atoms with Crippen molar-refractivity contribution in [1.82, 2.24) is 0 Å². The maximum atomic E-state index is 10.4. The van der Waals surface area contributed by atoms with Gasteiger partial charge in [0.15, 0.2) is 0 Å². The van der Waals surface area contributed by atoms with Gasteiger partial charge < -0.3 is 10.8 Å². The van der Waals surface area contributed by atoms with Crippen LogP contribution in [0.3, 0.4) is 0 Å². The van der Waals surface area contributed by atoms with E-state index in [9.17, 15) is 4.79 Å². The van der Waals surface area contributed by atoms with E-state index < -0.39 is 17.4 Å². The Morgan fingerprint density at radius 1 is 1.55 bits per heavy atom. The van der Waals surface area contributed by atoms with Gasteiger partial charge in [0.1, 0.15) is 0 Å². The fraction of sp³-hybridized carbons (Fsp3) is 0.375. The van der Waals surface area contributed by atoms with Crippen LogP contribution in [-0.4, -0.2) is 16.6 Å². The highest BCUT2D eigenvalue weighted by Crippen LogP contribution is 2.15. The van der Waals surface area contributed by atoms with E-state index in [2.05, 4.69) is 0 Å². The SMILES string of the molecule is CC1(N)C=CC(C(=O)O)C=C1. The summed E-state index contributed by atoms with van der Waals surface area (Å²) >= 11 is 0. The van der Waals surface area contributed by atoms with Gasteiger partial charge in [-0.25, -0.2) is 0 Å². The van der Waals surface area contributed by atoms with Crippen LogP contribution >= 0.6 is 0 Å². The average molecular weight is 153 g/mol. The molecule has 3 N–H and O–H groups in total. The van der Waals surface area contributed by atoms with E-state index in [0.29, 0.717) is 0 Å². The summed E-state index contributed by atoms with van der Waals surface area (Å²) in [5.74, 6) is -1.35. The first-order valence-corrected chi connectivity index (χ1v) is 3.42. The highest BCUT2D eigenvalue weighted by atomic mass is 16.4. The third-order valence-corrected chi connectivity index (χ3v) is 1.61. The molecular weight excluding hydrogens is 142 g/mol. The van der Waals surface area contributed by atoms with E-state index in [-0.39, 0.29) is 0 Å². The summed E-state index contributed by atoms with van der Waals surface area (Å²) in [6.45, 7) is 1.82. The Morgan fingerprint density at radius 3 is 2.36 bits per heavy atom. The molecule has 0 aromatic heterocycles. The number of carboxylic acids is 1. The highest BCUT2D eigenvalue weighted by molar-refractivity contribution is 5.75. The molecule has 1 aliphatic carbocycles. The van der Waals surface area contributed by atoms with Gasteiger partial charge >= 0.3 is 5.97 Å². The minimum absolute atomic E-state index is 0.480. The summed E-state index contributed by atoms with van der Waals surface area (Å²) in [7, 11) is 0. The summed E-state index contributed by atoms with van der Waals surface area (Å²) < 4.78 is 0. The van der Waals surface area contributed by atoms with Crippen LogP contribution < -0.4 is 5.73 Å². The van der Waals surface area contributed by atoms with Crippen molar-refractivity contribution in [2.45, 2.75) is 12.5 Å². The molecule has 0 radical (unpaired) electrons. The van der Waals surface area contributed by atoms with Crippen LogP contribution in [0.15, 0.2) is 24.3 Å². The summed E-state index contributed by atoms with van der Waals surface area (Å²) in [4.78, 5) is 10.4. The number of carbonyl (C=O) groups is 1. The third kappa shape index (κ3) is 1.91. The van der Waals surface area contributed by atoms with Crippen molar-refractivity contribution in [3.8, 4) is 0 Å². The van der Waals surface area contributed by atoms with Gasteiger partial charge in [0.25, 0.3) is 0 Å². The molecule has 1 rings (SSSR count). The maximum Gasteiger partial charge on any atom is 0.314 e. The molecule has 3 nitrogen and oxygen atoms in total. The van der Waals surface area contributed by atoms with Crippen LogP contribution in [0, 0.1) is 5.92 Å². The molecule has 0 fully saturated rings. The van der Waals surface area contributed by atoms with Crippen molar-refractivity contribution in [3.63, 3.8) is 0 Å². The van der Waals surface area contributed by atoms with Crippen LogP contribution in [0.1, 0.15) is 6.92 Å². The van der Waals surface area contributed by atoms with E-state index in [4.69, 9.17) is 10.8 Å². The molecule has 0 atom stereocenters. The molecule has 0 heterocycles. The van der Waals surface area contributed by atoms with Gasteiger partial charge in [0, 0.05) is 5.54 Å². The summed E-state index contributed by atoms with van der Waals surface area (Å²) in [6, 6.07) is 0. The number of hydrogen-bond donors (Lipinski definition) is 2. The Bertz CT molecular complexity index is 212. The van der Waals surface area contributed by atoms with Crippen LogP contribution in [-0.2, 0) is 4.79 Å². The lowest BCUT2D eigenvalue weighted by atomic mass is 9.92. The predicted molar refractivity (Wildman–Crippen MR) is 42.0 cm³/mol. The minimum Gasteiger partial charge on any atom is -0.481 e. The van der Waals surface area contributed by atoms with Gasteiger partial charge in [-0.15, -0.1) is 0 Å². The molecule has 0 saturated heterocycles. The lowest BCUT2D eigenvalue weighted by molar-refractivity contribution is -0.138. The second-order valence-corrected chi connectivity index (χ2v) is 2.95. The molecule has 3 heteroatoms. The molecule has 0 unspecified atom stereocenters. The van der Waals surface area contributed by atoms with Crippen LogP contribution in [0.2, 0.25) is 0 Å². The lowest BCUT2D eigenvalue weighted by Gasteiger charge is -2.19. The van der Waals surface area contributed by atoms with Crippen molar-refractivity contribution in [2.24, 2.45) is 11.7 Å². The largest absolute Gasteiger partial charge is 0.481 e. The molecule has 11 heavy (non-hydrogen) atoms. The van der Waals surface area contributed by atoms with Crippen LogP contribution in [0.4, 0.5) is 0 Å². The molecule has 0 bridgehead atoms. The lowest BCUT2D eigenvalue weighted by Crippen LogP contribution is -2.33. The first kappa shape index (κ1) is 8.01. The molecule has 0 spiro atoms. The fourth-order valence-electron chi connectivity index (χ4n) is 0.906. The van der Waals surface area contributed by atoms with Gasteiger partial charge in [-0.1, -0.05) is 24.3 Å². The Balaban J connectivity index is 2.72. The molecule has 1 aliphatic rings. The van der Waals surface area contributed by atoms with Gasteiger partial charge in [-0.3, -0.25) is 4.79 Å². The van der Waals surface area contributed by atoms with Crippen molar-refractivity contribution >= 4 is 5.97 Å². The van der Waals surface area contributed by atoms with E-state index in [0.717, 1.165) is 0 Å². The summed E-state index contributed by atoms with van der Waals surface area (Å²) in [6.07, 6.45) is 6.60. The maximum absolute atomic E-state index is 10.4. The van der Waals surface area contributed by atoms with Crippen molar-refractivity contribution in [1.29, 1.82) is 0 Å². The fourth-order valence-corrected chi connectivity index (χ4v) is 0.906. The van der Waals surface area contributed by atoms with Gasteiger partial charge in [0.2, 0.25) is 0 Å². The molecule has 0 amide bonds. The molecule has 0 saturated carbocycles. The number of aliphatic carboxylic acids is 1. The molecule has 60 valence electrons.